The summed E-state index contributed by atoms with van der Waals surface area (Å²) < 4.78 is 3.06. The molecule has 0 saturated heterocycles. The van der Waals surface area contributed by atoms with E-state index in [-0.39, 0.29) is 0 Å². The van der Waals surface area contributed by atoms with Gasteiger partial charge in [0, 0.05) is 16.7 Å². The van der Waals surface area contributed by atoms with Gasteiger partial charge in [0.2, 0.25) is 0 Å². The van der Waals surface area contributed by atoms with E-state index in [1.165, 1.54) is 12.8 Å². The van der Waals surface area contributed by atoms with E-state index in [4.69, 9.17) is 0 Å². The van der Waals surface area contributed by atoms with Crippen LogP contribution in [0, 0.1) is 0 Å². The largest absolute Gasteiger partial charge is 0.307 e. The summed E-state index contributed by atoms with van der Waals surface area (Å²) in [6, 6.07) is 4.63. The summed E-state index contributed by atoms with van der Waals surface area (Å²) in [6.07, 6.45) is 4.58. The van der Waals surface area contributed by atoms with Gasteiger partial charge in [-0.25, -0.2) is 0 Å². The van der Waals surface area contributed by atoms with Crippen LogP contribution in [-0.2, 0) is 6.54 Å². The third kappa shape index (κ3) is 1.89. The molecule has 1 fully saturated rings. The molecule has 0 aliphatic heterocycles. The number of halogens is 1. The zero-order chi connectivity index (χ0) is 10.3. The highest BCUT2D eigenvalue weighted by atomic mass is 79.9. The zero-order valence-electron chi connectivity index (χ0n) is 8.15. The molecule has 0 spiro atoms. The van der Waals surface area contributed by atoms with Crippen LogP contribution in [0.25, 0.3) is 5.65 Å². The monoisotopic (exact) mass is 266 g/mol. The number of aromatic nitrogens is 3. The fourth-order valence-electron chi connectivity index (χ4n) is 1.56. The second-order valence-electron chi connectivity index (χ2n) is 3.85. The van der Waals surface area contributed by atoms with Crippen LogP contribution in [0.5, 0.6) is 0 Å². The molecule has 1 saturated carbocycles. The van der Waals surface area contributed by atoms with Crippen LogP contribution in [0.15, 0.2) is 22.8 Å². The first kappa shape index (κ1) is 9.30. The lowest BCUT2D eigenvalue weighted by molar-refractivity contribution is 0.652. The van der Waals surface area contributed by atoms with Crippen LogP contribution in [-0.4, -0.2) is 20.6 Å². The highest BCUT2D eigenvalue weighted by Crippen LogP contribution is 2.19. The van der Waals surface area contributed by atoms with Crippen LogP contribution < -0.4 is 5.32 Å². The normalized spacial score (nSPS) is 16.1. The van der Waals surface area contributed by atoms with Crippen molar-refractivity contribution in [2.45, 2.75) is 25.4 Å². The van der Waals surface area contributed by atoms with Gasteiger partial charge in [0.05, 0.1) is 6.54 Å². The van der Waals surface area contributed by atoms with E-state index >= 15 is 0 Å². The molecule has 0 amide bonds. The van der Waals surface area contributed by atoms with Crippen LogP contribution in [0.3, 0.4) is 0 Å². The molecule has 1 aliphatic carbocycles. The smallest absolute Gasteiger partial charge is 0.160 e. The minimum absolute atomic E-state index is 0.699. The first-order valence-electron chi connectivity index (χ1n) is 5.05. The molecule has 2 aromatic heterocycles. The van der Waals surface area contributed by atoms with Crippen LogP contribution in [0.4, 0.5) is 0 Å². The number of nitrogens with zero attached hydrogens (tertiary/aromatic N) is 3. The maximum atomic E-state index is 4.17. The van der Waals surface area contributed by atoms with E-state index in [1.807, 2.05) is 22.7 Å². The van der Waals surface area contributed by atoms with Crippen LogP contribution in [0.2, 0.25) is 0 Å². The Morgan fingerprint density at radius 1 is 1.40 bits per heavy atom. The molecule has 1 aliphatic rings. The molecule has 0 bridgehead atoms. The third-order valence-electron chi connectivity index (χ3n) is 2.56. The molecule has 0 aromatic carbocycles. The number of fused-ring (bicyclic) bond motifs is 1. The molecule has 1 N–H and O–H groups in total. The first-order valence-corrected chi connectivity index (χ1v) is 5.85. The minimum Gasteiger partial charge on any atom is -0.307 e. The standard InChI is InChI=1S/C10H11BrN4/c11-7-1-4-9-13-14-10(15(9)6-7)5-12-8-2-3-8/h1,4,6,8,12H,2-3,5H2. The predicted molar refractivity (Wildman–Crippen MR) is 60.5 cm³/mol. The molecular weight excluding hydrogens is 256 g/mol. The molecule has 3 rings (SSSR count). The summed E-state index contributed by atoms with van der Waals surface area (Å²) in [5, 5.41) is 11.7. The Morgan fingerprint density at radius 3 is 3.07 bits per heavy atom. The van der Waals surface area contributed by atoms with Gasteiger partial charge in [-0.15, -0.1) is 10.2 Å². The van der Waals surface area contributed by atoms with Gasteiger partial charge in [0.15, 0.2) is 11.5 Å². The molecule has 15 heavy (non-hydrogen) atoms. The Labute approximate surface area is 95.8 Å². The predicted octanol–water partition coefficient (Wildman–Crippen LogP) is 1.74. The van der Waals surface area contributed by atoms with Crippen molar-refractivity contribution < 1.29 is 0 Å². The van der Waals surface area contributed by atoms with Crippen molar-refractivity contribution in [2.24, 2.45) is 0 Å². The van der Waals surface area contributed by atoms with Crippen molar-refractivity contribution in [1.29, 1.82) is 0 Å². The summed E-state index contributed by atoms with van der Waals surface area (Å²) >= 11 is 3.45. The van der Waals surface area contributed by atoms with Gasteiger partial charge in [-0.2, -0.15) is 0 Å². The molecular formula is C10H11BrN4. The van der Waals surface area contributed by atoms with Gasteiger partial charge >= 0.3 is 0 Å². The molecule has 0 atom stereocenters. The molecule has 4 nitrogen and oxygen atoms in total. The molecule has 78 valence electrons. The Balaban J connectivity index is 1.91. The fraction of sp³-hybridized carbons (Fsp3) is 0.400. The van der Waals surface area contributed by atoms with Gasteiger partial charge in [-0.05, 0) is 40.9 Å². The summed E-state index contributed by atoms with van der Waals surface area (Å²) in [6.45, 7) is 0.794. The van der Waals surface area contributed by atoms with Crippen molar-refractivity contribution in [1.82, 2.24) is 19.9 Å². The number of hydrogen-bond acceptors (Lipinski definition) is 3. The Morgan fingerprint density at radius 2 is 2.27 bits per heavy atom. The summed E-state index contributed by atoms with van der Waals surface area (Å²) in [4.78, 5) is 0. The average Bonchev–Trinajstić information content (AvgIpc) is 2.97. The molecule has 0 unspecified atom stereocenters. The zero-order valence-corrected chi connectivity index (χ0v) is 9.74. The lowest BCUT2D eigenvalue weighted by Crippen LogP contribution is -2.17. The lowest BCUT2D eigenvalue weighted by atomic mass is 10.4. The van der Waals surface area contributed by atoms with E-state index in [0.29, 0.717) is 6.04 Å². The van der Waals surface area contributed by atoms with Gasteiger partial charge in [0.1, 0.15) is 0 Å². The van der Waals surface area contributed by atoms with E-state index in [1.54, 1.807) is 0 Å². The Kier molecular flexibility index (Phi) is 2.21. The number of hydrogen-bond donors (Lipinski definition) is 1. The molecule has 2 aromatic rings. The summed E-state index contributed by atoms with van der Waals surface area (Å²) in [5.41, 5.74) is 0.894. The van der Waals surface area contributed by atoms with Crippen molar-refractivity contribution >= 4 is 21.6 Å². The second-order valence-corrected chi connectivity index (χ2v) is 4.76. The van der Waals surface area contributed by atoms with Gasteiger partial charge < -0.3 is 5.32 Å². The van der Waals surface area contributed by atoms with Crippen molar-refractivity contribution in [3.63, 3.8) is 0 Å². The van der Waals surface area contributed by atoms with Crippen LogP contribution >= 0.6 is 15.9 Å². The number of pyridine rings is 1. The minimum atomic E-state index is 0.699. The quantitative estimate of drug-likeness (QED) is 0.921. The maximum absolute atomic E-state index is 4.17. The van der Waals surface area contributed by atoms with E-state index in [2.05, 4.69) is 31.4 Å². The highest BCUT2D eigenvalue weighted by Gasteiger charge is 2.20. The Bertz CT molecular complexity index is 489. The van der Waals surface area contributed by atoms with Crippen molar-refractivity contribution in [2.75, 3.05) is 0 Å². The van der Waals surface area contributed by atoms with Gasteiger partial charge in [0.25, 0.3) is 0 Å². The maximum Gasteiger partial charge on any atom is 0.160 e. The number of nitrogens with one attached hydrogen (secondary N) is 1. The lowest BCUT2D eigenvalue weighted by Gasteiger charge is -2.01. The van der Waals surface area contributed by atoms with E-state index in [0.717, 1.165) is 22.5 Å². The van der Waals surface area contributed by atoms with Gasteiger partial charge in [-0.1, -0.05) is 0 Å². The highest BCUT2D eigenvalue weighted by molar-refractivity contribution is 9.10. The van der Waals surface area contributed by atoms with Gasteiger partial charge in [-0.3, -0.25) is 4.40 Å². The van der Waals surface area contributed by atoms with Crippen molar-refractivity contribution in [3.8, 4) is 0 Å². The SMILES string of the molecule is Brc1ccc2nnc(CNC3CC3)n2c1. The third-order valence-corrected chi connectivity index (χ3v) is 3.03. The first-order chi connectivity index (χ1) is 7.33. The number of rotatable bonds is 3. The molecule has 2 heterocycles. The fourth-order valence-corrected chi connectivity index (χ4v) is 1.89. The summed E-state index contributed by atoms with van der Waals surface area (Å²) in [7, 11) is 0. The van der Waals surface area contributed by atoms with Crippen molar-refractivity contribution in [3.05, 3.63) is 28.6 Å². The van der Waals surface area contributed by atoms with E-state index < -0.39 is 0 Å². The molecule has 5 heteroatoms. The molecule has 0 radical (unpaired) electrons. The second kappa shape index (κ2) is 3.57. The Hall–Kier alpha value is -0.940. The van der Waals surface area contributed by atoms with Crippen LogP contribution in [0.1, 0.15) is 18.7 Å². The summed E-state index contributed by atoms with van der Waals surface area (Å²) in [5.74, 6) is 0.971. The van der Waals surface area contributed by atoms with E-state index in [9.17, 15) is 0 Å². The topological polar surface area (TPSA) is 42.2 Å². The average molecular weight is 267 g/mol.